The molecule has 0 spiro atoms. The topological polar surface area (TPSA) is 64.5 Å². The van der Waals surface area contributed by atoms with E-state index in [1.54, 1.807) is 0 Å². The monoisotopic (exact) mass is 747 g/mol. The maximum atomic E-state index is 5.39. The minimum absolute atomic E-state index is 0.638. The van der Waals surface area contributed by atoms with E-state index < -0.39 is 8.07 Å². The molecule has 0 N–H and O–H groups in total. The molecule has 0 saturated heterocycles. The van der Waals surface area contributed by atoms with Crippen LogP contribution in [0.4, 0.5) is 0 Å². The highest BCUT2D eigenvalue weighted by Crippen LogP contribution is 2.37. The van der Waals surface area contributed by atoms with Gasteiger partial charge in [0.2, 0.25) is 0 Å². The molecule has 3 heterocycles. The molecule has 9 aromatic rings. The molecule has 1 aliphatic heterocycles. The molecular formula is C51H37N5Si. The molecular weight excluding hydrogens is 711 g/mol. The summed E-state index contributed by atoms with van der Waals surface area (Å²) in [4.78, 5) is 25.4. The van der Waals surface area contributed by atoms with Crippen LogP contribution >= 0.6 is 0 Å². The van der Waals surface area contributed by atoms with E-state index in [-0.39, 0.29) is 0 Å². The molecule has 0 radical (unpaired) electrons. The molecule has 0 unspecified atom stereocenters. The number of rotatable bonds is 7. The van der Waals surface area contributed by atoms with Crippen LogP contribution in [0.25, 0.3) is 90.2 Å². The Balaban J connectivity index is 0.994. The van der Waals surface area contributed by atoms with Crippen molar-refractivity contribution in [3.8, 4) is 90.2 Å². The van der Waals surface area contributed by atoms with Crippen molar-refractivity contribution in [1.82, 2.24) is 24.9 Å². The fraction of sp³-hybridized carbons (Fsp3) is 0.0392. The van der Waals surface area contributed by atoms with Gasteiger partial charge in [0.1, 0.15) is 8.07 Å². The Hall–Kier alpha value is -7.15. The van der Waals surface area contributed by atoms with Crippen LogP contribution in [0.1, 0.15) is 0 Å². The lowest BCUT2D eigenvalue weighted by molar-refractivity contribution is 1.07. The molecule has 270 valence electrons. The molecule has 0 bridgehead atoms. The summed E-state index contributed by atoms with van der Waals surface area (Å²) in [5, 5.41) is 2.62. The third-order valence-electron chi connectivity index (χ3n) is 10.9. The number of fused-ring (bicyclic) bond motifs is 3. The van der Waals surface area contributed by atoms with E-state index in [1.807, 2.05) is 60.7 Å². The van der Waals surface area contributed by atoms with E-state index in [0.29, 0.717) is 17.5 Å². The van der Waals surface area contributed by atoms with Gasteiger partial charge in [-0.15, -0.1) is 0 Å². The van der Waals surface area contributed by atoms with Crippen LogP contribution in [0, 0.1) is 0 Å². The second-order valence-electron chi connectivity index (χ2n) is 14.9. The van der Waals surface area contributed by atoms with Crippen LogP contribution in [0.15, 0.2) is 188 Å². The van der Waals surface area contributed by atoms with Gasteiger partial charge in [-0.2, -0.15) is 0 Å². The van der Waals surface area contributed by atoms with Gasteiger partial charge in [0.25, 0.3) is 0 Å². The van der Waals surface area contributed by atoms with Gasteiger partial charge in [-0.1, -0.05) is 189 Å². The Morgan fingerprint density at radius 1 is 0.316 bits per heavy atom. The van der Waals surface area contributed by atoms with Gasteiger partial charge in [0.05, 0.1) is 5.69 Å². The van der Waals surface area contributed by atoms with E-state index in [1.165, 1.54) is 21.6 Å². The summed E-state index contributed by atoms with van der Waals surface area (Å²) in [6.45, 7) is 4.82. The maximum Gasteiger partial charge on any atom is 0.164 e. The van der Waals surface area contributed by atoms with Crippen molar-refractivity contribution < 1.29 is 0 Å². The zero-order valence-corrected chi connectivity index (χ0v) is 32.6. The van der Waals surface area contributed by atoms with Crippen LogP contribution in [0.2, 0.25) is 13.1 Å². The summed E-state index contributed by atoms with van der Waals surface area (Å²) >= 11 is 0. The molecule has 10 rings (SSSR count). The molecule has 5 nitrogen and oxygen atoms in total. The molecule has 0 fully saturated rings. The zero-order valence-electron chi connectivity index (χ0n) is 31.6. The normalized spacial score (nSPS) is 12.5. The van der Waals surface area contributed by atoms with E-state index >= 15 is 0 Å². The second kappa shape index (κ2) is 14.2. The Kier molecular flexibility index (Phi) is 8.54. The summed E-state index contributed by atoms with van der Waals surface area (Å²) in [6, 6.07) is 65.3. The van der Waals surface area contributed by atoms with Crippen LogP contribution in [0.3, 0.4) is 0 Å². The van der Waals surface area contributed by atoms with Gasteiger partial charge in [0, 0.05) is 38.7 Å². The number of aromatic nitrogens is 5. The van der Waals surface area contributed by atoms with Crippen LogP contribution < -0.4 is 10.5 Å². The molecule has 57 heavy (non-hydrogen) atoms. The minimum atomic E-state index is -2.06. The molecule has 6 heteroatoms. The Morgan fingerprint density at radius 3 is 1.30 bits per heavy atom. The van der Waals surface area contributed by atoms with Gasteiger partial charge in [0.15, 0.2) is 23.3 Å². The van der Waals surface area contributed by atoms with E-state index in [0.717, 1.165) is 61.6 Å². The third kappa shape index (κ3) is 6.36. The van der Waals surface area contributed by atoms with Gasteiger partial charge in [-0.25, -0.2) is 24.9 Å². The van der Waals surface area contributed by atoms with Crippen LogP contribution in [0.5, 0.6) is 0 Å². The lowest BCUT2D eigenvalue weighted by atomic mass is 9.97. The maximum absolute atomic E-state index is 5.39. The van der Waals surface area contributed by atoms with Crippen molar-refractivity contribution >= 4 is 18.6 Å². The highest BCUT2D eigenvalue weighted by atomic mass is 28.3. The van der Waals surface area contributed by atoms with E-state index in [4.69, 9.17) is 24.9 Å². The van der Waals surface area contributed by atoms with Crippen LogP contribution in [-0.4, -0.2) is 33.0 Å². The van der Waals surface area contributed by atoms with Crippen LogP contribution in [-0.2, 0) is 0 Å². The predicted molar refractivity (Wildman–Crippen MR) is 236 cm³/mol. The lowest BCUT2D eigenvalue weighted by Crippen LogP contribution is -2.50. The van der Waals surface area contributed by atoms with Crippen molar-refractivity contribution in [2.24, 2.45) is 0 Å². The summed E-state index contributed by atoms with van der Waals surface area (Å²) in [5.41, 5.74) is 12.9. The standard InChI is InChI=1S/C51H37N5Si/c1-57(2)44-27-13-12-26-43(44)45-46(35-16-6-3-7-17-35)52-50(56-51(45)57)42-25-15-24-41(33-42)40-23-14-22-39(32-40)34-28-30-38(31-29-34)49-54-47(36-18-8-4-9-19-36)53-48(55-49)37-20-10-5-11-21-37/h3-33H,1-2H3. The van der Waals surface area contributed by atoms with Gasteiger partial charge < -0.3 is 0 Å². The molecule has 0 saturated carbocycles. The summed E-state index contributed by atoms with van der Waals surface area (Å²) in [7, 11) is -2.06. The molecule has 0 amide bonds. The number of hydrogen-bond donors (Lipinski definition) is 0. The smallest absolute Gasteiger partial charge is 0.164 e. The number of nitrogens with zero attached hydrogens (tertiary/aromatic N) is 5. The van der Waals surface area contributed by atoms with Gasteiger partial charge in [-0.05, 0) is 45.1 Å². The summed E-state index contributed by atoms with van der Waals surface area (Å²) < 4.78 is 0. The highest BCUT2D eigenvalue weighted by Gasteiger charge is 2.41. The molecule has 0 atom stereocenters. The zero-order chi connectivity index (χ0) is 38.3. The second-order valence-corrected chi connectivity index (χ2v) is 19.2. The Morgan fingerprint density at radius 2 is 0.719 bits per heavy atom. The van der Waals surface area contributed by atoms with Crippen molar-refractivity contribution in [2.45, 2.75) is 13.1 Å². The van der Waals surface area contributed by atoms with Crippen molar-refractivity contribution in [1.29, 1.82) is 0 Å². The largest absolute Gasteiger partial charge is 0.237 e. The van der Waals surface area contributed by atoms with Gasteiger partial charge in [-0.3, -0.25) is 0 Å². The SMILES string of the molecule is C[Si]1(C)c2ccccc2-c2c(-c3ccccc3)nc(-c3cccc(-c4cccc(-c5ccc(-c6nc(-c7ccccc7)nc(-c7ccccc7)n6)cc5)c4)c3)nc21. The third-order valence-corrected chi connectivity index (χ3v) is 14.2. The average Bonchev–Trinajstić information content (AvgIpc) is 3.52. The van der Waals surface area contributed by atoms with Crippen molar-refractivity contribution in [2.75, 3.05) is 0 Å². The predicted octanol–water partition coefficient (Wildman–Crippen LogP) is 11.1. The highest BCUT2D eigenvalue weighted by molar-refractivity contribution is 7.03. The Bertz CT molecular complexity index is 2850. The molecule has 1 aliphatic rings. The fourth-order valence-electron chi connectivity index (χ4n) is 7.94. The lowest BCUT2D eigenvalue weighted by Gasteiger charge is -2.19. The summed E-state index contributed by atoms with van der Waals surface area (Å²) in [6.07, 6.45) is 0. The molecule has 0 aliphatic carbocycles. The quantitative estimate of drug-likeness (QED) is 0.152. The Labute approximate surface area is 333 Å². The minimum Gasteiger partial charge on any atom is -0.237 e. The summed E-state index contributed by atoms with van der Waals surface area (Å²) in [5.74, 6) is 2.70. The van der Waals surface area contributed by atoms with E-state index in [2.05, 4.69) is 140 Å². The molecule has 7 aromatic carbocycles. The van der Waals surface area contributed by atoms with Crippen molar-refractivity contribution in [3.63, 3.8) is 0 Å². The molecule has 2 aromatic heterocycles. The van der Waals surface area contributed by atoms with Gasteiger partial charge >= 0.3 is 0 Å². The first kappa shape index (κ1) is 34.3. The van der Waals surface area contributed by atoms with Crippen molar-refractivity contribution in [3.05, 3.63) is 188 Å². The number of hydrogen-bond acceptors (Lipinski definition) is 5. The first-order valence-electron chi connectivity index (χ1n) is 19.3. The number of benzene rings is 7. The first-order chi connectivity index (χ1) is 28.0. The van der Waals surface area contributed by atoms with E-state index in [9.17, 15) is 0 Å². The first-order valence-corrected chi connectivity index (χ1v) is 22.3. The fourth-order valence-corrected chi connectivity index (χ4v) is 10.9. The average molecular weight is 748 g/mol.